The van der Waals surface area contributed by atoms with E-state index in [0.717, 1.165) is 5.56 Å². The minimum atomic E-state index is -0.538. The number of benzene rings is 2. The first kappa shape index (κ1) is 17.2. The van der Waals surface area contributed by atoms with Gasteiger partial charge in [-0.2, -0.15) is 0 Å². The van der Waals surface area contributed by atoms with Crippen molar-refractivity contribution in [3.8, 4) is 0 Å². The number of anilines is 1. The van der Waals surface area contributed by atoms with Crippen LogP contribution in [0, 0.1) is 5.82 Å². The Balaban J connectivity index is 1.64. The van der Waals surface area contributed by atoms with E-state index in [4.69, 9.17) is 0 Å². The van der Waals surface area contributed by atoms with Crippen LogP contribution in [0.25, 0.3) is 5.65 Å². The molecule has 27 heavy (non-hydrogen) atoms. The standard InChI is InChI=1S/C20H15FN4OS/c21-15-9-11-16(12-10-15)22-19(26)18(14-6-2-1-3-7-14)27-20-24-23-17-8-4-5-13-25(17)20/h1-13,18H,(H,22,26)/t18-/m1/s1. The Morgan fingerprint density at radius 1 is 0.963 bits per heavy atom. The van der Waals surface area contributed by atoms with Gasteiger partial charge in [0, 0.05) is 11.9 Å². The van der Waals surface area contributed by atoms with E-state index in [1.807, 2.05) is 59.1 Å². The molecule has 0 aliphatic rings. The van der Waals surface area contributed by atoms with E-state index < -0.39 is 5.25 Å². The second kappa shape index (κ2) is 7.59. The lowest BCUT2D eigenvalue weighted by molar-refractivity contribution is -0.115. The van der Waals surface area contributed by atoms with Crippen LogP contribution in [-0.4, -0.2) is 20.5 Å². The van der Waals surface area contributed by atoms with Gasteiger partial charge >= 0.3 is 0 Å². The first-order valence-corrected chi connectivity index (χ1v) is 9.16. The molecule has 2 aromatic heterocycles. The summed E-state index contributed by atoms with van der Waals surface area (Å²) in [5.41, 5.74) is 2.09. The third-order valence-electron chi connectivity index (χ3n) is 3.96. The molecule has 0 spiro atoms. The SMILES string of the molecule is O=C(Nc1ccc(F)cc1)[C@H](Sc1nnc2ccccn12)c1ccccc1. The van der Waals surface area contributed by atoms with Crippen LogP contribution < -0.4 is 5.32 Å². The number of fused-ring (bicyclic) bond motifs is 1. The minimum absolute atomic E-state index is 0.217. The molecule has 0 saturated heterocycles. The van der Waals surface area contributed by atoms with Gasteiger partial charge in [-0.1, -0.05) is 48.2 Å². The van der Waals surface area contributed by atoms with Crippen LogP contribution in [0.15, 0.2) is 84.1 Å². The molecule has 0 saturated carbocycles. The molecule has 1 amide bonds. The summed E-state index contributed by atoms with van der Waals surface area (Å²) < 4.78 is 15.0. The topological polar surface area (TPSA) is 59.3 Å². The van der Waals surface area contributed by atoms with Crippen molar-refractivity contribution < 1.29 is 9.18 Å². The fraction of sp³-hybridized carbons (Fsp3) is 0.0500. The van der Waals surface area contributed by atoms with E-state index in [0.29, 0.717) is 16.5 Å². The van der Waals surface area contributed by atoms with E-state index in [1.54, 1.807) is 0 Å². The molecular formula is C20H15FN4OS. The quantitative estimate of drug-likeness (QED) is 0.525. The second-order valence-electron chi connectivity index (χ2n) is 5.82. The first-order valence-electron chi connectivity index (χ1n) is 8.28. The van der Waals surface area contributed by atoms with Crippen molar-refractivity contribution in [3.05, 3.63) is 90.4 Å². The summed E-state index contributed by atoms with van der Waals surface area (Å²) in [5, 5.41) is 11.3. The number of amides is 1. The molecule has 0 fully saturated rings. The molecule has 0 bridgehead atoms. The predicted octanol–water partition coefficient (Wildman–Crippen LogP) is 4.34. The second-order valence-corrected chi connectivity index (χ2v) is 6.89. The van der Waals surface area contributed by atoms with Crippen molar-refractivity contribution >= 4 is 29.0 Å². The van der Waals surface area contributed by atoms with Gasteiger partial charge in [-0.25, -0.2) is 4.39 Å². The van der Waals surface area contributed by atoms with Crippen molar-refractivity contribution in [1.29, 1.82) is 0 Å². The maximum atomic E-state index is 13.1. The maximum Gasteiger partial charge on any atom is 0.242 e. The molecule has 4 rings (SSSR count). The molecule has 2 aromatic carbocycles. The molecule has 2 heterocycles. The van der Waals surface area contributed by atoms with Crippen molar-refractivity contribution in [2.24, 2.45) is 0 Å². The molecule has 5 nitrogen and oxygen atoms in total. The Kier molecular flexibility index (Phi) is 4.84. The van der Waals surface area contributed by atoms with Gasteiger partial charge in [0.15, 0.2) is 10.8 Å². The largest absolute Gasteiger partial charge is 0.325 e. The third kappa shape index (κ3) is 3.83. The van der Waals surface area contributed by atoms with Crippen molar-refractivity contribution in [2.45, 2.75) is 10.4 Å². The lowest BCUT2D eigenvalue weighted by atomic mass is 10.1. The number of thioether (sulfide) groups is 1. The number of carbonyl (C=O) groups excluding carboxylic acids is 1. The Morgan fingerprint density at radius 2 is 1.70 bits per heavy atom. The lowest BCUT2D eigenvalue weighted by Crippen LogP contribution is -2.19. The summed E-state index contributed by atoms with van der Waals surface area (Å²) >= 11 is 1.31. The average molecular weight is 378 g/mol. The van der Waals surface area contributed by atoms with E-state index in [-0.39, 0.29) is 11.7 Å². The minimum Gasteiger partial charge on any atom is -0.325 e. The van der Waals surface area contributed by atoms with Gasteiger partial charge in [-0.3, -0.25) is 9.20 Å². The number of pyridine rings is 1. The van der Waals surface area contributed by atoms with E-state index >= 15 is 0 Å². The fourth-order valence-corrected chi connectivity index (χ4v) is 3.67. The predicted molar refractivity (Wildman–Crippen MR) is 103 cm³/mol. The highest BCUT2D eigenvalue weighted by Crippen LogP contribution is 2.35. The van der Waals surface area contributed by atoms with Gasteiger partial charge in [-0.15, -0.1) is 10.2 Å². The van der Waals surface area contributed by atoms with Crippen LogP contribution in [0.4, 0.5) is 10.1 Å². The summed E-state index contributed by atoms with van der Waals surface area (Å²) in [7, 11) is 0. The summed E-state index contributed by atoms with van der Waals surface area (Å²) in [4.78, 5) is 13.0. The fourth-order valence-electron chi connectivity index (χ4n) is 2.65. The number of hydrogen-bond acceptors (Lipinski definition) is 4. The van der Waals surface area contributed by atoms with Gasteiger partial charge in [-0.05, 0) is 42.0 Å². The van der Waals surface area contributed by atoms with Crippen LogP contribution in [0.3, 0.4) is 0 Å². The van der Waals surface area contributed by atoms with Crippen molar-refractivity contribution in [1.82, 2.24) is 14.6 Å². The zero-order chi connectivity index (χ0) is 18.6. The number of hydrogen-bond donors (Lipinski definition) is 1. The van der Waals surface area contributed by atoms with Crippen LogP contribution >= 0.6 is 11.8 Å². The number of carbonyl (C=O) groups is 1. The molecule has 1 atom stereocenters. The van der Waals surface area contributed by atoms with Gasteiger partial charge in [0.1, 0.15) is 11.1 Å². The first-order chi connectivity index (χ1) is 13.2. The zero-order valence-electron chi connectivity index (χ0n) is 14.1. The molecule has 7 heteroatoms. The molecular weight excluding hydrogens is 363 g/mol. The number of rotatable bonds is 5. The normalized spacial score (nSPS) is 12.0. The Morgan fingerprint density at radius 3 is 2.48 bits per heavy atom. The number of aromatic nitrogens is 3. The van der Waals surface area contributed by atoms with Gasteiger partial charge < -0.3 is 5.32 Å². The summed E-state index contributed by atoms with van der Waals surface area (Å²) in [6, 6.07) is 20.8. The Labute approximate surface area is 159 Å². The monoisotopic (exact) mass is 378 g/mol. The molecule has 0 radical (unpaired) electrons. The molecule has 0 aliphatic carbocycles. The van der Waals surface area contributed by atoms with Crippen LogP contribution in [0.2, 0.25) is 0 Å². The molecule has 134 valence electrons. The summed E-state index contributed by atoms with van der Waals surface area (Å²) in [6.07, 6.45) is 1.86. The average Bonchev–Trinajstić information content (AvgIpc) is 3.11. The van der Waals surface area contributed by atoms with Crippen LogP contribution in [0.1, 0.15) is 10.8 Å². The van der Waals surface area contributed by atoms with Gasteiger partial charge in [0.05, 0.1) is 0 Å². The Bertz CT molecular complexity index is 1070. The van der Waals surface area contributed by atoms with Gasteiger partial charge in [0.2, 0.25) is 5.91 Å². The number of nitrogens with one attached hydrogen (secondary N) is 1. The van der Waals surface area contributed by atoms with E-state index in [1.165, 1.54) is 36.0 Å². The molecule has 1 N–H and O–H groups in total. The maximum absolute atomic E-state index is 13.1. The zero-order valence-corrected chi connectivity index (χ0v) is 14.9. The smallest absolute Gasteiger partial charge is 0.242 e. The van der Waals surface area contributed by atoms with Crippen molar-refractivity contribution in [3.63, 3.8) is 0 Å². The van der Waals surface area contributed by atoms with Crippen LogP contribution in [0.5, 0.6) is 0 Å². The van der Waals surface area contributed by atoms with E-state index in [9.17, 15) is 9.18 Å². The lowest BCUT2D eigenvalue weighted by Gasteiger charge is -2.16. The highest BCUT2D eigenvalue weighted by molar-refractivity contribution is 8.00. The highest BCUT2D eigenvalue weighted by atomic mass is 32.2. The van der Waals surface area contributed by atoms with Gasteiger partial charge in [0.25, 0.3) is 0 Å². The number of halogens is 1. The Hall–Kier alpha value is -3.19. The van der Waals surface area contributed by atoms with Crippen LogP contribution in [-0.2, 0) is 4.79 Å². The third-order valence-corrected chi connectivity index (χ3v) is 5.17. The molecule has 0 unspecified atom stereocenters. The highest BCUT2D eigenvalue weighted by Gasteiger charge is 2.24. The summed E-state index contributed by atoms with van der Waals surface area (Å²) in [5.74, 6) is -0.567. The van der Waals surface area contributed by atoms with E-state index in [2.05, 4.69) is 15.5 Å². The number of nitrogens with zero attached hydrogens (tertiary/aromatic N) is 3. The molecule has 0 aliphatic heterocycles. The molecule has 4 aromatic rings. The summed E-state index contributed by atoms with van der Waals surface area (Å²) in [6.45, 7) is 0. The van der Waals surface area contributed by atoms with Crippen molar-refractivity contribution in [2.75, 3.05) is 5.32 Å².